The molecule has 0 saturated heterocycles. The van der Waals surface area contributed by atoms with Crippen molar-refractivity contribution < 1.29 is 24.3 Å². The number of benzene rings is 5. The van der Waals surface area contributed by atoms with E-state index in [1.54, 1.807) is 12.1 Å². The SMILES string of the molecule is O=C(CNC(=O)[C@H](Cc1ccc(O)cc1)NC(=O)CNC(=O)CNc1c2ccccc2nc2ccccc12)NCCNc1c2ccccc2nc2ccccc12. The number of fused-ring (bicyclic) bond motifs is 4. The van der Waals surface area contributed by atoms with E-state index in [9.17, 15) is 24.3 Å². The third-order valence-corrected chi connectivity index (χ3v) is 9.25. The van der Waals surface area contributed by atoms with E-state index in [1.165, 1.54) is 12.1 Å². The number of carbonyl (C=O) groups excluding carboxylic acids is 4. The van der Waals surface area contributed by atoms with Gasteiger partial charge in [0.2, 0.25) is 23.6 Å². The second-order valence-electron chi connectivity index (χ2n) is 13.2. The Hall–Kier alpha value is -7.28. The van der Waals surface area contributed by atoms with Crippen molar-refractivity contribution in [3.05, 3.63) is 127 Å². The van der Waals surface area contributed by atoms with Crippen LogP contribution in [0.2, 0.25) is 0 Å². The zero-order valence-corrected chi connectivity index (χ0v) is 30.3. The molecular weight excluding hydrogens is 709 g/mol. The smallest absolute Gasteiger partial charge is 0.243 e. The minimum atomic E-state index is -1.07. The van der Waals surface area contributed by atoms with Gasteiger partial charge in [-0.2, -0.15) is 0 Å². The fourth-order valence-corrected chi connectivity index (χ4v) is 6.54. The maximum Gasteiger partial charge on any atom is 0.243 e. The molecule has 1 atom stereocenters. The number of amides is 4. The summed E-state index contributed by atoms with van der Waals surface area (Å²) in [5.74, 6) is -1.96. The maximum absolute atomic E-state index is 13.4. The van der Waals surface area contributed by atoms with Crippen LogP contribution in [0.4, 0.5) is 11.4 Å². The van der Waals surface area contributed by atoms with Gasteiger partial charge >= 0.3 is 0 Å². The molecule has 0 saturated carbocycles. The van der Waals surface area contributed by atoms with Crippen LogP contribution in [0, 0.1) is 0 Å². The van der Waals surface area contributed by atoms with Gasteiger partial charge in [-0.3, -0.25) is 19.2 Å². The Morgan fingerprint density at radius 2 is 0.964 bits per heavy atom. The standard InChI is InChI=1S/C43H40N8O5/c52-28-19-17-27(18-20-28)23-37(51-40(55)26-46-39(54)24-47-42-31-11-3-7-15-35(31)50-36-16-8-4-12-32(36)42)43(56)48-25-38(53)44-21-22-45-41-29-9-1-5-13-33(29)49-34-14-6-2-10-30(34)41/h1-20,37,52H,21-26H2,(H,44,53)(H,45,49)(H,46,54)(H,47,50)(H,48,56)(H,51,55)/t37-/m0/s1. The molecule has 2 aromatic heterocycles. The van der Waals surface area contributed by atoms with E-state index in [2.05, 4.69) is 31.9 Å². The molecule has 0 bridgehead atoms. The summed E-state index contributed by atoms with van der Waals surface area (Å²) < 4.78 is 0. The zero-order valence-electron chi connectivity index (χ0n) is 30.3. The Morgan fingerprint density at radius 1 is 0.500 bits per heavy atom. The number of hydrogen-bond donors (Lipinski definition) is 7. The number of carbonyl (C=O) groups is 4. The maximum atomic E-state index is 13.4. The van der Waals surface area contributed by atoms with Crippen LogP contribution in [-0.2, 0) is 25.6 Å². The highest BCUT2D eigenvalue weighted by atomic mass is 16.3. The Labute approximate surface area is 321 Å². The van der Waals surface area contributed by atoms with Gasteiger partial charge in [0.05, 0.1) is 53.1 Å². The molecule has 0 radical (unpaired) electrons. The normalized spacial score (nSPS) is 11.6. The van der Waals surface area contributed by atoms with Gasteiger partial charge in [0, 0.05) is 41.1 Å². The fraction of sp³-hybridized carbons (Fsp3) is 0.163. The van der Waals surface area contributed by atoms with E-state index < -0.39 is 29.7 Å². The second-order valence-corrected chi connectivity index (χ2v) is 13.2. The highest BCUT2D eigenvalue weighted by molar-refractivity contribution is 6.09. The van der Waals surface area contributed by atoms with Gasteiger partial charge in [-0.25, -0.2) is 9.97 Å². The number of aromatic hydroxyl groups is 1. The van der Waals surface area contributed by atoms with Gasteiger partial charge in [-0.1, -0.05) is 84.9 Å². The van der Waals surface area contributed by atoms with Crippen molar-refractivity contribution in [2.45, 2.75) is 12.5 Å². The lowest BCUT2D eigenvalue weighted by Crippen LogP contribution is -2.52. The average molecular weight is 749 g/mol. The predicted octanol–water partition coefficient (Wildman–Crippen LogP) is 4.40. The molecule has 56 heavy (non-hydrogen) atoms. The first kappa shape index (κ1) is 37.1. The molecule has 0 aliphatic rings. The van der Waals surface area contributed by atoms with Crippen molar-refractivity contribution in [3.63, 3.8) is 0 Å². The van der Waals surface area contributed by atoms with Crippen LogP contribution in [0.1, 0.15) is 5.56 Å². The number of anilines is 2. The Bertz CT molecular complexity index is 2450. The molecule has 0 unspecified atom stereocenters. The van der Waals surface area contributed by atoms with Crippen LogP contribution in [0.5, 0.6) is 5.75 Å². The first-order valence-corrected chi connectivity index (χ1v) is 18.2. The quantitative estimate of drug-likeness (QED) is 0.0590. The van der Waals surface area contributed by atoms with Gasteiger partial charge < -0.3 is 37.0 Å². The molecule has 4 amide bonds. The first-order valence-electron chi connectivity index (χ1n) is 18.2. The van der Waals surface area contributed by atoms with Crippen molar-refractivity contribution in [2.75, 3.05) is 43.4 Å². The van der Waals surface area contributed by atoms with Gasteiger partial charge in [0.1, 0.15) is 11.8 Å². The second kappa shape index (κ2) is 17.2. The van der Waals surface area contributed by atoms with E-state index in [1.807, 2.05) is 97.1 Å². The summed E-state index contributed by atoms with van der Waals surface area (Å²) in [5.41, 5.74) is 5.63. The van der Waals surface area contributed by atoms with Crippen LogP contribution in [0.25, 0.3) is 43.6 Å². The number of para-hydroxylation sites is 4. The summed E-state index contributed by atoms with van der Waals surface area (Å²) in [6.07, 6.45) is 0.0783. The van der Waals surface area contributed by atoms with Gasteiger partial charge in [0.25, 0.3) is 0 Å². The Balaban J connectivity index is 0.914. The minimum Gasteiger partial charge on any atom is -0.508 e. The van der Waals surface area contributed by atoms with Crippen LogP contribution in [-0.4, -0.2) is 77.5 Å². The third kappa shape index (κ3) is 8.91. The molecule has 13 heteroatoms. The lowest BCUT2D eigenvalue weighted by Gasteiger charge is -2.19. The van der Waals surface area contributed by atoms with Gasteiger partial charge in [-0.15, -0.1) is 0 Å². The minimum absolute atomic E-state index is 0.0549. The first-order chi connectivity index (χ1) is 27.3. The molecule has 0 spiro atoms. The number of nitrogens with one attached hydrogen (secondary N) is 6. The van der Waals surface area contributed by atoms with Crippen LogP contribution in [0.3, 0.4) is 0 Å². The molecular formula is C43H40N8O5. The Kier molecular flexibility index (Phi) is 11.4. The summed E-state index contributed by atoms with van der Waals surface area (Å²) in [4.78, 5) is 61.5. The molecule has 0 aliphatic carbocycles. The number of pyridine rings is 2. The number of phenolic OH excluding ortho intramolecular Hbond substituents is 1. The predicted molar refractivity (Wildman–Crippen MR) is 218 cm³/mol. The number of phenols is 1. The topological polar surface area (TPSA) is 186 Å². The lowest BCUT2D eigenvalue weighted by molar-refractivity contribution is -0.130. The molecule has 13 nitrogen and oxygen atoms in total. The summed E-state index contributed by atoms with van der Waals surface area (Å²) in [6, 6.07) is 36.1. The summed E-state index contributed by atoms with van der Waals surface area (Å²) in [5, 5.41) is 30.7. The molecule has 7 N–H and O–H groups in total. The summed E-state index contributed by atoms with van der Waals surface area (Å²) in [7, 11) is 0. The number of rotatable bonds is 15. The van der Waals surface area contributed by atoms with E-state index >= 15 is 0 Å². The van der Waals surface area contributed by atoms with Crippen molar-refractivity contribution in [3.8, 4) is 5.75 Å². The lowest BCUT2D eigenvalue weighted by atomic mass is 10.0. The zero-order chi connectivity index (χ0) is 38.9. The number of hydrogen-bond acceptors (Lipinski definition) is 9. The summed E-state index contributed by atoms with van der Waals surface area (Å²) in [6.45, 7) is -0.0945. The number of aromatic nitrogens is 2. The molecule has 0 aliphatic heterocycles. The van der Waals surface area contributed by atoms with E-state index in [0.717, 1.165) is 55.0 Å². The summed E-state index contributed by atoms with van der Waals surface area (Å²) >= 11 is 0. The van der Waals surface area contributed by atoms with E-state index in [4.69, 9.17) is 9.97 Å². The number of nitrogens with zero attached hydrogens (tertiary/aromatic N) is 2. The van der Waals surface area contributed by atoms with Crippen LogP contribution < -0.4 is 31.9 Å². The largest absolute Gasteiger partial charge is 0.508 e. The molecule has 282 valence electrons. The van der Waals surface area contributed by atoms with Crippen molar-refractivity contribution >= 4 is 78.6 Å². The molecule has 7 aromatic rings. The van der Waals surface area contributed by atoms with Crippen molar-refractivity contribution in [1.29, 1.82) is 0 Å². The van der Waals surface area contributed by atoms with E-state index in [-0.39, 0.29) is 38.3 Å². The molecule has 0 fully saturated rings. The average Bonchev–Trinajstić information content (AvgIpc) is 3.22. The van der Waals surface area contributed by atoms with Crippen LogP contribution >= 0.6 is 0 Å². The third-order valence-electron chi connectivity index (χ3n) is 9.25. The van der Waals surface area contributed by atoms with E-state index in [0.29, 0.717) is 12.1 Å². The van der Waals surface area contributed by atoms with Crippen molar-refractivity contribution in [1.82, 2.24) is 31.2 Å². The monoisotopic (exact) mass is 748 g/mol. The van der Waals surface area contributed by atoms with Gasteiger partial charge in [0.15, 0.2) is 0 Å². The van der Waals surface area contributed by atoms with Crippen molar-refractivity contribution in [2.24, 2.45) is 0 Å². The molecule has 5 aromatic carbocycles. The van der Waals surface area contributed by atoms with Gasteiger partial charge in [-0.05, 0) is 42.0 Å². The molecule has 7 rings (SSSR count). The fourth-order valence-electron chi connectivity index (χ4n) is 6.54. The van der Waals surface area contributed by atoms with Crippen LogP contribution in [0.15, 0.2) is 121 Å². The molecule has 2 heterocycles. The highest BCUT2D eigenvalue weighted by Crippen LogP contribution is 2.31. The highest BCUT2D eigenvalue weighted by Gasteiger charge is 2.22. The Morgan fingerprint density at radius 3 is 1.50 bits per heavy atom.